The third kappa shape index (κ3) is 12.7. The molecule has 4 aromatic carbocycles. The van der Waals surface area contributed by atoms with Gasteiger partial charge in [-0.1, -0.05) is 39.5 Å². The Bertz CT molecular complexity index is 2520. The number of rotatable bonds is 18. The first-order valence-corrected chi connectivity index (χ1v) is 28.4. The second-order valence-corrected chi connectivity index (χ2v) is 24.3. The summed E-state index contributed by atoms with van der Waals surface area (Å²) in [7, 11) is -4.61. The van der Waals surface area contributed by atoms with Gasteiger partial charge in [0.15, 0.2) is 0 Å². The first-order chi connectivity index (χ1) is 32.8. The zero-order valence-electron chi connectivity index (χ0n) is 41.5. The van der Waals surface area contributed by atoms with Crippen LogP contribution >= 0.6 is 23.5 Å². The highest BCUT2D eigenvalue weighted by Crippen LogP contribution is 2.46. The van der Waals surface area contributed by atoms with Gasteiger partial charge in [-0.25, -0.2) is 25.6 Å². The van der Waals surface area contributed by atoms with Crippen molar-refractivity contribution in [3.63, 3.8) is 0 Å². The Morgan fingerprint density at radius 1 is 0.629 bits per heavy atom. The number of fused-ring (bicyclic) bond motifs is 2. The predicted molar refractivity (Wildman–Crippen MR) is 274 cm³/mol. The van der Waals surface area contributed by atoms with Gasteiger partial charge in [0.05, 0.1) is 32.0 Å². The summed E-state index contributed by atoms with van der Waals surface area (Å²) in [5.74, 6) is -2.13. The van der Waals surface area contributed by atoms with E-state index in [0.717, 1.165) is 25.7 Å². The molecule has 0 amide bonds. The SMILES string of the molecule is CCCC[C@@H]1CN(c2ccc(F)cc2)c2cc(SC)c(OCC(C)(C)C(=O)O)cc2S(=O)(=O)N1C.CCCC[C@H]1CN(c2ccc(F)cc2)c2cc(SC)c(OCC(C)(C)C(=O)O)cc2S(=O)(=O)N1C. The molecule has 0 saturated heterocycles. The summed E-state index contributed by atoms with van der Waals surface area (Å²) in [6.07, 6.45) is 8.66. The van der Waals surface area contributed by atoms with Gasteiger partial charge in [0.1, 0.15) is 46.1 Å². The molecule has 14 nitrogen and oxygen atoms in total. The van der Waals surface area contributed by atoms with Gasteiger partial charge in [-0.2, -0.15) is 8.61 Å². The van der Waals surface area contributed by atoms with E-state index < -0.39 is 42.8 Å². The molecule has 4 aromatic rings. The van der Waals surface area contributed by atoms with Crippen molar-refractivity contribution >= 4 is 78.3 Å². The Morgan fingerprint density at radius 2 is 0.957 bits per heavy atom. The molecule has 0 saturated carbocycles. The highest BCUT2D eigenvalue weighted by molar-refractivity contribution is 7.99. The van der Waals surface area contributed by atoms with Crippen molar-refractivity contribution in [1.29, 1.82) is 0 Å². The van der Waals surface area contributed by atoms with Crippen LogP contribution in [0.4, 0.5) is 31.5 Å². The number of benzene rings is 4. The highest BCUT2D eigenvalue weighted by Gasteiger charge is 2.40. The highest BCUT2D eigenvalue weighted by atomic mass is 32.2. The molecule has 0 aliphatic carbocycles. The van der Waals surface area contributed by atoms with Crippen LogP contribution in [-0.4, -0.2) is 113 Å². The molecule has 0 unspecified atom stereocenters. The molecule has 0 fully saturated rings. The van der Waals surface area contributed by atoms with E-state index in [9.17, 15) is 45.4 Å². The number of hydrogen-bond acceptors (Lipinski definition) is 12. The van der Waals surface area contributed by atoms with Gasteiger partial charge in [-0.15, -0.1) is 23.5 Å². The smallest absolute Gasteiger partial charge is 0.312 e. The molecule has 2 N–H and O–H groups in total. The van der Waals surface area contributed by atoms with E-state index in [2.05, 4.69) is 13.8 Å². The number of aliphatic carboxylic acids is 2. The lowest BCUT2D eigenvalue weighted by molar-refractivity contribution is -0.149. The van der Waals surface area contributed by atoms with Gasteiger partial charge in [0.2, 0.25) is 20.0 Å². The van der Waals surface area contributed by atoms with E-state index in [4.69, 9.17) is 9.47 Å². The Balaban J connectivity index is 0.000000261. The third-order valence-corrected chi connectivity index (χ3v) is 18.0. The Kier molecular flexibility index (Phi) is 18.7. The van der Waals surface area contributed by atoms with Gasteiger partial charge in [-0.3, -0.25) is 9.59 Å². The van der Waals surface area contributed by atoms with Crippen LogP contribution < -0.4 is 19.3 Å². The number of sulfonamides is 2. The largest absolute Gasteiger partial charge is 0.491 e. The lowest BCUT2D eigenvalue weighted by Gasteiger charge is -2.29. The van der Waals surface area contributed by atoms with Crippen molar-refractivity contribution in [1.82, 2.24) is 8.61 Å². The fourth-order valence-electron chi connectivity index (χ4n) is 7.79. The number of halogens is 2. The van der Waals surface area contributed by atoms with Crippen LogP contribution in [0.1, 0.15) is 80.1 Å². The van der Waals surface area contributed by atoms with E-state index in [1.165, 1.54) is 68.5 Å². The van der Waals surface area contributed by atoms with E-state index in [-0.39, 0.29) is 46.7 Å². The molecule has 0 radical (unpaired) electrons. The number of hydrogen-bond donors (Lipinski definition) is 2. The average molecular weight is 1050 g/mol. The molecule has 2 aliphatic heterocycles. The third-order valence-electron chi connectivity index (χ3n) is 12.6. The van der Waals surface area contributed by atoms with Gasteiger partial charge in [0, 0.05) is 62.8 Å². The van der Waals surface area contributed by atoms with E-state index in [0.29, 0.717) is 70.0 Å². The summed E-state index contributed by atoms with van der Waals surface area (Å²) < 4.78 is 97.1. The number of likely N-dealkylation sites (N-methyl/N-ethyl adjacent to an activating group) is 2. The molecule has 0 aromatic heterocycles. The van der Waals surface area contributed by atoms with Crippen molar-refractivity contribution in [2.75, 3.05) is 62.7 Å². The van der Waals surface area contributed by atoms with Crippen molar-refractivity contribution < 1.29 is 54.9 Å². The van der Waals surface area contributed by atoms with Crippen molar-refractivity contribution in [2.45, 2.75) is 112 Å². The monoisotopic (exact) mass is 1050 g/mol. The molecular formula is C50H66F2N4O10S4. The molecule has 20 heteroatoms. The van der Waals surface area contributed by atoms with Crippen LogP contribution in [0, 0.1) is 22.5 Å². The summed E-state index contributed by atoms with van der Waals surface area (Å²) in [5.41, 5.74) is 0.0423. The van der Waals surface area contributed by atoms with Crippen molar-refractivity contribution in [3.8, 4) is 11.5 Å². The number of carboxylic acids is 2. The van der Waals surface area contributed by atoms with Crippen molar-refractivity contribution in [3.05, 3.63) is 84.4 Å². The van der Waals surface area contributed by atoms with E-state index >= 15 is 0 Å². The quantitative estimate of drug-likeness (QED) is 0.0901. The normalized spacial score (nSPS) is 18.1. The lowest BCUT2D eigenvalue weighted by atomic mass is 9.95. The number of anilines is 4. The molecular weight excluding hydrogens is 983 g/mol. The van der Waals surface area contributed by atoms with Gasteiger partial charge >= 0.3 is 11.9 Å². The molecule has 0 spiro atoms. The first-order valence-electron chi connectivity index (χ1n) is 23.0. The number of thioether (sulfide) groups is 2. The minimum Gasteiger partial charge on any atom is -0.491 e. The van der Waals surface area contributed by atoms with Gasteiger partial charge in [0.25, 0.3) is 0 Å². The molecule has 384 valence electrons. The van der Waals surface area contributed by atoms with E-state index in [1.807, 2.05) is 22.3 Å². The number of nitrogens with zero attached hydrogens (tertiary/aromatic N) is 4. The standard InChI is InChI=1S/2C25H33FN2O5S2/c2*1-6-7-8-19-15-28(18-11-9-17(26)10-12-18)20-13-22(34-5)21(33-16-25(2,3)24(29)30)14-23(20)35(31,32)27(19)4/h2*9-14,19H,6-8,15-16H2,1-5H3,(H,29,30)/t2*19-/m10/s1. The summed E-state index contributed by atoms with van der Waals surface area (Å²) in [6.45, 7) is 10.9. The number of carbonyl (C=O) groups is 2. The average Bonchev–Trinajstić information content (AvgIpc) is 3.45. The fourth-order valence-corrected chi connectivity index (χ4v) is 12.0. The van der Waals surface area contributed by atoms with Crippen LogP contribution in [-0.2, 0) is 29.6 Å². The molecule has 6 rings (SSSR count). The van der Waals surface area contributed by atoms with Crippen LogP contribution in [0.25, 0.3) is 0 Å². The zero-order valence-corrected chi connectivity index (χ0v) is 44.8. The molecule has 0 bridgehead atoms. The minimum absolute atomic E-state index is 0.0734. The molecule has 70 heavy (non-hydrogen) atoms. The maximum absolute atomic E-state index is 13.8. The molecule has 2 atom stereocenters. The Labute approximate surface area is 420 Å². The summed E-state index contributed by atoms with van der Waals surface area (Å²) >= 11 is 2.76. The van der Waals surface area contributed by atoms with Crippen LogP contribution in [0.2, 0.25) is 0 Å². The van der Waals surface area contributed by atoms with Crippen molar-refractivity contribution in [2.24, 2.45) is 10.8 Å². The maximum atomic E-state index is 13.8. The van der Waals surface area contributed by atoms with Gasteiger partial charge in [-0.05, 0) is 114 Å². The second-order valence-electron chi connectivity index (χ2n) is 18.7. The lowest BCUT2D eigenvalue weighted by Crippen LogP contribution is -2.40. The second kappa shape index (κ2) is 23.3. The summed E-state index contributed by atoms with van der Waals surface area (Å²) in [5, 5.41) is 18.9. The van der Waals surface area contributed by atoms with Gasteiger partial charge < -0.3 is 29.5 Å². The summed E-state index contributed by atoms with van der Waals surface area (Å²) in [4.78, 5) is 28.4. The van der Waals surface area contributed by atoms with Crippen LogP contribution in [0.5, 0.6) is 11.5 Å². The Morgan fingerprint density at radius 3 is 1.24 bits per heavy atom. The molecule has 2 aliphatic rings. The van der Waals surface area contributed by atoms with Crippen LogP contribution in [0.3, 0.4) is 0 Å². The number of carboxylic acid groups (broad SMARTS) is 2. The summed E-state index contributed by atoms with van der Waals surface area (Å²) in [6, 6.07) is 18.0. The van der Waals surface area contributed by atoms with Crippen LogP contribution in [0.15, 0.2) is 92.4 Å². The minimum atomic E-state index is -3.89. The van der Waals surface area contributed by atoms with E-state index in [1.54, 1.807) is 78.2 Å². The topological polar surface area (TPSA) is 174 Å². The first kappa shape index (κ1) is 56.3. The molecule has 2 heterocycles. The number of ether oxygens (including phenoxy) is 2. The maximum Gasteiger partial charge on any atom is 0.312 e. The predicted octanol–water partition coefficient (Wildman–Crippen LogP) is 10.7. The zero-order chi connectivity index (χ0) is 51.9. The fraction of sp³-hybridized carbons (Fsp3) is 0.480. The Hall–Kier alpha value is -4.60. The number of unbranched alkanes of at least 4 members (excludes halogenated alkanes) is 2.